The Labute approximate surface area is 160 Å². The van der Waals surface area contributed by atoms with Crippen LogP contribution in [0.3, 0.4) is 0 Å². The Bertz CT molecular complexity index is 1000. The van der Waals surface area contributed by atoms with Gasteiger partial charge in [-0.15, -0.1) is 0 Å². The van der Waals surface area contributed by atoms with Crippen LogP contribution in [0, 0.1) is 13.8 Å². The summed E-state index contributed by atoms with van der Waals surface area (Å²) in [5.41, 5.74) is 2.78. The summed E-state index contributed by atoms with van der Waals surface area (Å²) in [4.78, 5) is 17.5. The van der Waals surface area contributed by atoms with Gasteiger partial charge in [0.1, 0.15) is 11.5 Å². The lowest BCUT2D eigenvalue weighted by Crippen LogP contribution is -2.24. The van der Waals surface area contributed by atoms with Crippen LogP contribution in [0.2, 0.25) is 0 Å². The van der Waals surface area contributed by atoms with Gasteiger partial charge < -0.3 is 9.73 Å². The minimum atomic E-state index is -0.194. The van der Waals surface area contributed by atoms with Crippen molar-refractivity contribution in [2.45, 2.75) is 33.7 Å². The average Bonchev–Trinajstić information content (AvgIpc) is 3.14. The first-order valence-corrected chi connectivity index (χ1v) is 9.14. The van der Waals surface area contributed by atoms with Crippen molar-refractivity contribution < 1.29 is 9.21 Å². The first-order valence-electron chi connectivity index (χ1n) is 8.35. The number of fused-ring (bicyclic) bond motifs is 1. The molecule has 0 atom stereocenters. The summed E-state index contributed by atoms with van der Waals surface area (Å²) in [7, 11) is 0. The van der Waals surface area contributed by atoms with Crippen molar-refractivity contribution in [2.24, 2.45) is 0 Å². The van der Waals surface area contributed by atoms with E-state index in [2.05, 4.69) is 32.9 Å². The molecule has 1 amide bonds. The number of nitrogens with zero attached hydrogens (tertiary/aromatic N) is 3. The van der Waals surface area contributed by atoms with E-state index >= 15 is 0 Å². The molecule has 0 fully saturated rings. The number of carbonyl (C=O) groups is 1. The molecular formula is C19H21BrN4O2. The van der Waals surface area contributed by atoms with Gasteiger partial charge >= 0.3 is 0 Å². The minimum absolute atomic E-state index is 0.126. The summed E-state index contributed by atoms with van der Waals surface area (Å²) in [5.74, 6) is 1.38. The third kappa shape index (κ3) is 3.44. The molecule has 3 aromatic rings. The predicted octanol–water partition coefficient (Wildman–Crippen LogP) is 4.53. The number of nitrogens with one attached hydrogen (secondary N) is 1. The largest absolute Gasteiger partial charge is 0.466 e. The molecule has 0 aliphatic heterocycles. The van der Waals surface area contributed by atoms with E-state index in [-0.39, 0.29) is 11.9 Å². The van der Waals surface area contributed by atoms with Gasteiger partial charge in [0.05, 0.1) is 22.8 Å². The molecule has 26 heavy (non-hydrogen) atoms. The van der Waals surface area contributed by atoms with E-state index in [0.29, 0.717) is 27.9 Å². The second-order valence-electron chi connectivity index (χ2n) is 6.50. The number of aromatic nitrogens is 3. The molecule has 1 N–H and O–H groups in total. The van der Waals surface area contributed by atoms with Crippen LogP contribution in [0.1, 0.15) is 41.8 Å². The molecule has 0 spiro atoms. The monoisotopic (exact) mass is 416 g/mol. The van der Waals surface area contributed by atoms with Crippen molar-refractivity contribution in [1.82, 2.24) is 20.1 Å². The second kappa shape index (κ2) is 7.07. The van der Waals surface area contributed by atoms with Gasteiger partial charge in [0.15, 0.2) is 5.65 Å². The molecule has 7 heteroatoms. The fourth-order valence-electron chi connectivity index (χ4n) is 2.88. The number of halogens is 1. The van der Waals surface area contributed by atoms with Gasteiger partial charge in [-0.1, -0.05) is 22.5 Å². The molecule has 136 valence electrons. The van der Waals surface area contributed by atoms with Crippen LogP contribution in [0.25, 0.3) is 22.3 Å². The number of aryl methyl sites for hydroxylation is 2. The molecule has 3 rings (SSSR count). The molecule has 0 radical (unpaired) electrons. The van der Waals surface area contributed by atoms with Gasteiger partial charge in [-0.25, -0.2) is 9.67 Å². The molecular weight excluding hydrogens is 396 g/mol. The van der Waals surface area contributed by atoms with Gasteiger partial charge in [0.25, 0.3) is 5.91 Å². The molecule has 6 nitrogen and oxygen atoms in total. The number of hydrogen-bond acceptors (Lipinski definition) is 4. The van der Waals surface area contributed by atoms with E-state index in [1.807, 2.05) is 38.4 Å². The molecule has 0 saturated carbocycles. The Morgan fingerprint density at radius 1 is 1.38 bits per heavy atom. The van der Waals surface area contributed by atoms with Crippen LogP contribution in [-0.2, 0) is 0 Å². The maximum atomic E-state index is 12.8. The highest BCUT2D eigenvalue weighted by Crippen LogP contribution is 2.30. The highest BCUT2D eigenvalue weighted by Gasteiger charge is 2.20. The van der Waals surface area contributed by atoms with Gasteiger partial charge in [-0.2, -0.15) is 5.10 Å². The summed E-state index contributed by atoms with van der Waals surface area (Å²) < 4.78 is 8.16. The predicted molar refractivity (Wildman–Crippen MR) is 105 cm³/mol. The summed E-state index contributed by atoms with van der Waals surface area (Å²) in [5, 5.41) is 7.99. The first kappa shape index (κ1) is 18.4. The maximum Gasteiger partial charge on any atom is 0.252 e. The highest BCUT2D eigenvalue weighted by molar-refractivity contribution is 9.11. The number of hydrogen-bond donors (Lipinski definition) is 1. The van der Waals surface area contributed by atoms with Crippen molar-refractivity contribution in [3.8, 4) is 11.3 Å². The molecule has 0 saturated heterocycles. The molecule has 0 aliphatic carbocycles. The zero-order valence-electron chi connectivity index (χ0n) is 15.3. The van der Waals surface area contributed by atoms with E-state index in [0.717, 1.165) is 22.5 Å². The van der Waals surface area contributed by atoms with Crippen LogP contribution in [-0.4, -0.2) is 27.2 Å². The van der Waals surface area contributed by atoms with Crippen LogP contribution in [0.5, 0.6) is 0 Å². The average molecular weight is 417 g/mol. The lowest BCUT2D eigenvalue weighted by Gasteiger charge is -2.10. The molecule has 0 unspecified atom stereocenters. The number of furan rings is 1. The molecule has 0 aliphatic rings. The normalized spacial score (nSPS) is 11.3. The Morgan fingerprint density at radius 2 is 2.12 bits per heavy atom. The van der Waals surface area contributed by atoms with E-state index in [1.165, 1.54) is 0 Å². The minimum Gasteiger partial charge on any atom is -0.466 e. The summed E-state index contributed by atoms with van der Waals surface area (Å²) in [6.07, 6.45) is 1.69. The molecule has 0 aromatic carbocycles. The Hall–Kier alpha value is -2.41. The Morgan fingerprint density at radius 3 is 2.69 bits per heavy atom. The number of rotatable bonds is 5. The standard InChI is InChI=1S/C19H21BrN4O2/c1-10(2)24-18-16(9-22-24)15(19(25)21-8-11(3)20)7-17(23-18)14-6-12(4)26-13(14)5/h6-7,9-10H,3,8H2,1-2,4-5H3,(H,21,25). The summed E-state index contributed by atoms with van der Waals surface area (Å²) >= 11 is 3.26. The Balaban J connectivity index is 2.20. The second-order valence-corrected chi connectivity index (χ2v) is 7.62. The number of amides is 1. The van der Waals surface area contributed by atoms with Crippen LogP contribution in [0.4, 0.5) is 0 Å². The topological polar surface area (TPSA) is 73.0 Å². The molecule has 3 aromatic heterocycles. The van der Waals surface area contributed by atoms with Crippen LogP contribution in [0.15, 0.2) is 33.8 Å². The lowest BCUT2D eigenvalue weighted by molar-refractivity contribution is 0.0959. The number of carbonyl (C=O) groups excluding carboxylic acids is 1. The smallest absolute Gasteiger partial charge is 0.252 e. The third-order valence-corrected chi connectivity index (χ3v) is 4.34. The van der Waals surface area contributed by atoms with Crippen LogP contribution >= 0.6 is 15.9 Å². The zero-order chi connectivity index (χ0) is 19.0. The van der Waals surface area contributed by atoms with Gasteiger partial charge in [-0.3, -0.25) is 4.79 Å². The van der Waals surface area contributed by atoms with Gasteiger partial charge in [0.2, 0.25) is 0 Å². The SMILES string of the molecule is C=C(Br)CNC(=O)c1cc(-c2cc(C)oc2C)nc2c1cnn2C(C)C. The van der Waals surface area contributed by atoms with Crippen molar-refractivity contribution in [2.75, 3.05) is 6.54 Å². The van der Waals surface area contributed by atoms with Crippen molar-refractivity contribution in [3.63, 3.8) is 0 Å². The van der Waals surface area contributed by atoms with E-state index < -0.39 is 0 Å². The fourth-order valence-corrected chi connectivity index (χ4v) is 3.02. The van der Waals surface area contributed by atoms with Crippen molar-refractivity contribution >= 4 is 32.9 Å². The summed E-state index contributed by atoms with van der Waals surface area (Å²) in [6, 6.07) is 3.85. The zero-order valence-corrected chi connectivity index (χ0v) is 16.8. The van der Waals surface area contributed by atoms with E-state index in [9.17, 15) is 4.79 Å². The Kier molecular flexibility index (Phi) is 5.00. The van der Waals surface area contributed by atoms with Crippen LogP contribution < -0.4 is 5.32 Å². The quantitative estimate of drug-likeness (QED) is 0.662. The first-order chi connectivity index (χ1) is 12.3. The van der Waals surface area contributed by atoms with Crippen molar-refractivity contribution in [3.05, 3.63) is 46.5 Å². The number of pyridine rings is 1. The van der Waals surface area contributed by atoms with E-state index in [4.69, 9.17) is 9.40 Å². The molecule has 0 bridgehead atoms. The van der Waals surface area contributed by atoms with Gasteiger partial charge in [0, 0.05) is 22.6 Å². The lowest BCUT2D eigenvalue weighted by atomic mass is 10.1. The maximum absolute atomic E-state index is 12.8. The van der Waals surface area contributed by atoms with Crippen molar-refractivity contribution in [1.29, 1.82) is 0 Å². The van der Waals surface area contributed by atoms with Gasteiger partial charge in [-0.05, 0) is 39.8 Å². The van der Waals surface area contributed by atoms with E-state index in [1.54, 1.807) is 12.3 Å². The fraction of sp³-hybridized carbons (Fsp3) is 0.316. The molecule has 3 heterocycles. The third-order valence-electron chi connectivity index (χ3n) is 4.06. The highest BCUT2D eigenvalue weighted by atomic mass is 79.9. The summed E-state index contributed by atoms with van der Waals surface area (Å²) in [6.45, 7) is 11.9.